The molecule has 3 aromatic carbocycles. The molecule has 0 heterocycles. The van der Waals surface area contributed by atoms with Crippen LogP contribution in [0, 0.1) is 0 Å². The largest absolute Gasteiger partial charge is 0.493 e. The summed E-state index contributed by atoms with van der Waals surface area (Å²) < 4.78 is 10.6. The highest BCUT2D eigenvalue weighted by atomic mass is 16.5. The van der Waals surface area contributed by atoms with E-state index in [1.54, 1.807) is 14.2 Å². The van der Waals surface area contributed by atoms with Gasteiger partial charge in [0, 0.05) is 6.42 Å². The molecular formula is C25H27NO3. The number of methoxy groups -OCH3 is 2. The molecule has 1 amide bonds. The monoisotopic (exact) mass is 389 g/mol. The summed E-state index contributed by atoms with van der Waals surface area (Å²) >= 11 is 0. The summed E-state index contributed by atoms with van der Waals surface area (Å²) in [5, 5.41) is 3.21. The zero-order chi connectivity index (χ0) is 20.5. The molecule has 0 spiro atoms. The van der Waals surface area contributed by atoms with Gasteiger partial charge in [-0.25, -0.2) is 0 Å². The fourth-order valence-electron chi connectivity index (χ4n) is 3.35. The molecule has 0 saturated carbocycles. The third kappa shape index (κ3) is 5.85. The summed E-state index contributed by atoms with van der Waals surface area (Å²) in [6.45, 7) is 0. The van der Waals surface area contributed by atoms with Gasteiger partial charge in [0.2, 0.25) is 5.91 Å². The number of carbonyl (C=O) groups is 1. The van der Waals surface area contributed by atoms with Crippen molar-refractivity contribution in [3.63, 3.8) is 0 Å². The fourth-order valence-corrected chi connectivity index (χ4v) is 3.35. The molecule has 0 aliphatic rings. The maximum Gasteiger partial charge on any atom is 0.220 e. The summed E-state index contributed by atoms with van der Waals surface area (Å²) in [7, 11) is 3.23. The van der Waals surface area contributed by atoms with Crippen molar-refractivity contribution in [3.05, 3.63) is 95.6 Å². The topological polar surface area (TPSA) is 47.6 Å². The Morgan fingerprint density at radius 2 is 1.48 bits per heavy atom. The highest BCUT2D eigenvalue weighted by molar-refractivity contribution is 5.76. The van der Waals surface area contributed by atoms with Crippen LogP contribution in [0.25, 0.3) is 0 Å². The van der Waals surface area contributed by atoms with Crippen LogP contribution in [0.2, 0.25) is 0 Å². The highest BCUT2D eigenvalue weighted by Gasteiger charge is 2.15. The number of amides is 1. The second-order valence-electron chi connectivity index (χ2n) is 6.91. The number of benzene rings is 3. The number of carbonyl (C=O) groups excluding carboxylic acids is 1. The van der Waals surface area contributed by atoms with E-state index in [9.17, 15) is 4.79 Å². The van der Waals surface area contributed by atoms with Crippen LogP contribution in [0.1, 0.15) is 29.2 Å². The molecule has 0 aliphatic heterocycles. The van der Waals surface area contributed by atoms with Gasteiger partial charge in [0.05, 0.1) is 20.3 Å². The maximum atomic E-state index is 12.7. The van der Waals surface area contributed by atoms with Crippen LogP contribution < -0.4 is 14.8 Å². The van der Waals surface area contributed by atoms with Gasteiger partial charge in [0.15, 0.2) is 11.5 Å². The van der Waals surface area contributed by atoms with Crippen molar-refractivity contribution in [1.29, 1.82) is 0 Å². The molecule has 150 valence electrons. The Hall–Kier alpha value is -3.27. The molecule has 0 bridgehead atoms. The van der Waals surface area contributed by atoms with Gasteiger partial charge < -0.3 is 14.8 Å². The van der Waals surface area contributed by atoms with Crippen molar-refractivity contribution < 1.29 is 14.3 Å². The van der Waals surface area contributed by atoms with E-state index in [4.69, 9.17) is 9.47 Å². The minimum Gasteiger partial charge on any atom is -0.493 e. The van der Waals surface area contributed by atoms with Gasteiger partial charge in [-0.3, -0.25) is 4.79 Å². The quantitative estimate of drug-likeness (QED) is 0.575. The van der Waals surface area contributed by atoms with Crippen LogP contribution in [0.4, 0.5) is 0 Å². The minimum atomic E-state index is -0.0588. The first kappa shape index (κ1) is 20.5. The molecule has 0 radical (unpaired) electrons. The van der Waals surface area contributed by atoms with Crippen molar-refractivity contribution in [3.8, 4) is 11.5 Å². The third-order valence-electron chi connectivity index (χ3n) is 4.91. The average molecular weight is 389 g/mol. The van der Waals surface area contributed by atoms with E-state index in [0.29, 0.717) is 24.3 Å². The van der Waals surface area contributed by atoms with Crippen LogP contribution >= 0.6 is 0 Å². The number of aryl methyl sites for hydroxylation is 1. The van der Waals surface area contributed by atoms with Gasteiger partial charge in [-0.1, -0.05) is 66.7 Å². The SMILES string of the molecule is COc1ccc(CCC(=O)NC(Cc2ccccc2)c2ccccc2)cc1OC. The first-order valence-electron chi connectivity index (χ1n) is 9.78. The van der Waals surface area contributed by atoms with Crippen LogP contribution in [-0.2, 0) is 17.6 Å². The van der Waals surface area contributed by atoms with Crippen LogP contribution in [-0.4, -0.2) is 20.1 Å². The summed E-state index contributed by atoms with van der Waals surface area (Å²) in [4.78, 5) is 12.7. The first-order valence-corrected chi connectivity index (χ1v) is 9.78. The lowest BCUT2D eigenvalue weighted by Gasteiger charge is -2.20. The van der Waals surface area contributed by atoms with Crippen LogP contribution in [0.3, 0.4) is 0 Å². The molecule has 0 aliphatic carbocycles. The molecule has 0 saturated heterocycles. The zero-order valence-corrected chi connectivity index (χ0v) is 16.9. The van der Waals surface area contributed by atoms with Gasteiger partial charge in [0.25, 0.3) is 0 Å². The van der Waals surface area contributed by atoms with E-state index in [-0.39, 0.29) is 11.9 Å². The summed E-state index contributed by atoms with van der Waals surface area (Å²) in [6.07, 6.45) is 1.81. The second kappa shape index (κ2) is 10.3. The van der Waals surface area contributed by atoms with E-state index in [1.807, 2.05) is 54.6 Å². The molecule has 29 heavy (non-hydrogen) atoms. The first-order chi connectivity index (χ1) is 14.2. The van der Waals surface area contributed by atoms with Crippen molar-refractivity contribution >= 4 is 5.91 Å². The lowest BCUT2D eigenvalue weighted by Crippen LogP contribution is -2.30. The Morgan fingerprint density at radius 3 is 2.14 bits per heavy atom. The Balaban J connectivity index is 1.65. The van der Waals surface area contributed by atoms with E-state index >= 15 is 0 Å². The van der Waals surface area contributed by atoms with Gasteiger partial charge in [-0.2, -0.15) is 0 Å². The summed E-state index contributed by atoms with van der Waals surface area (Å²) in [5.74, 6) is 1.40. The number of rotatable bonds is 9. The molecule has 3 rings (SSSR count). The molecule has 1 unspecified atom stereocenters. The van der Waals surface area contributed by atoms with E-state index < -0.39 is 0 Å². The number of ether oxygens (including phenoxy) is 2. The van der Waals surface area contributed by atoms with Crippen molar-refractivity contribution in [2.75, 3.05) is 14.2 Å². The van der Waals surface area contributed by atoms with E-state index in [2.05, 4.69) is 29.6 Å². The number of hydrogen-bond acceptors (Lipinski definition) is 3. The minimum absolute atomic E-state index is 0.0320. The predicted octanol–water partition coefficient (Wildman–Crippen LogP) is 4.74. The smallest absolute Gasteiger partial charge is 0.220 e. The average Bonchev–Trinajstić information content (AvgIpc) is 2.78. The lowest BCUT2D eigenvalue weighted by atomic mass is 9.98. The van der Waals surface area contributed by atoms with Crippen molar-refractivity contribution in [2.24, 2.45) is 0 Å². The van der Waals surface area contributed by atoms with E-state index in [1.165, 1.54) is 5.56 Å². The van der Waals surface area contributed by atoms with E-state index in [0.717, 1.165) is 17.5 Å². The molecular weight excluding hydrogens is 362 g/mol. The zero-order valence-electron chi connectivity index (χ0n) is 16.9. The van der Waals surface area contributed by atoms with Crippen LogP contribution in [0.15, 0.2) is 78.9 Å². The second-order valence-corrected chi connectivity index (χ2v) is 6.91. The number of nitrogens with one attached hydrogen (secondary N) is 1. The van der Waals surface area contributed by atoms with Gasteiger partial charge >= 0.3 is 0 Å². The van der Waals surface area contributed by atoms with Crippen LogP contribution in [0.5, 0.6) is 11.5 Å². The van der Waals surface area contributed by atoms with Gasteiger partial charge in [0.1, 0.15) is 0 Å². The third-order valence-corrected chi connectivity index (χ3v) is 4.91. The van der Waals surface area contributed by atoms with Gasteiger partial charge in [-0.05, 0) is 41.7 Å². The summed E-state index contributed by atoms with van der Waals surface area (Å²) in [6, 6.07) is 26.0. The maximum absolute atomic E-state index is 12.7. The molecule has 0 aromatic heterocycles. The highest BCUT2D eigenvalue weighted by Crippen LogP contribution is 2.28. The Labute approximate surface area is 172 Å². The number of hydrogen-bond donors (Lipinski definition) is 1. The van der Waals surface area contributed by atoms with Crippen molar-refractivity contribution in [1.82, 2.24) is 5.32 Å². The molecule has 0 fully saturated rings. The molecule has 1 atom stereocenters. The standard InChI is InChI=1S/C25H27NO3/c1-28-23-15-13-20(18-24(23)29-2)14-16-25(27)26-22(21-11-7-4-8-12-21)17-19-9-5-3-6-10-19/h3-13,15,18,22H,14,16-17H2,1-2H3,(H,26,27). The molecule has 3 aromatic rings. The summed E-state index contributed by atoms with van der Waals surface area (Å²) in [5.41, 5.74) is 3.34. The fraction of sp³-hybridized carbons (Fsp3) is 0.240. The lowest BCUT2D eigenvalue weighted by molar-refractivity contribution is -0.121. The predicted molar refractivity (Wildman–Crippen MR) is 115 cm³/mol. The Kier molecular flexibility index (Phi) is 7.28. The molecule has 4 nitrogen and oxygen atoms in total. The normalized spacial score (nSPS) is 11.5. The molecule has 4 heteroatoms. The van der Waals surface area contributed by atoms with Gasteiger partial charge in [-0.15, -0.1) is 0 Å². The van der Waals surface area contributed by atoms with Crippen molar-refractivity contribution in [2.45, 2.75) is 25.3 Å². The Morgan fingerprint density at radius 1 is 0.828 bits per heavy atom. The Bertz CT molecular complexity index is 910. The molecule has 1 N–H and O–H groups in total.